The van der Waals surface area contributed by atoms with E-state index in [1.54, 1.807) is 42.5 Å². The molecule has 17 nitrogen and oxygen atoms in total. The fourth-order valence-electron chi connectivity index (χ4n) is 5.67. The Morgan fingerprint density at radius 1 is 0.824 bits per heavy atom. The third-order valence-electron chi connectivity index (χ3n) is 8.38. The molecule has 2 aliphatic rings. The second-order valence-electron chi connectivity index (χ2n) is 12.2. The summed E-state index contributed by atoms with van der Waals surface area (Å²) < 4.78 is 17.5. The van der Waals surface area contributed by atoms with Gasteiger partial charge in [-0.3, -0.25) is 20.4 Å². The van der Waals surface area contributed by atoms with Gasteiger partial charge in [0.2, 0.25) is 18.1 Å². The van der Waals surface area contributed by atoms with Gasteiger partial charge in [-0.15, -0.1) is 0 Å². The highest BCUT2D eigenvalue weighted by Gasteiger charge is 2.45. The average molecular weight is 713 g/mol. The maximum Gasteiger partial charge on any atom is 0.243 e. The number of nitrogens with two attached hydrogens (primary N) is 2. The van der Waals surface area contributed by atoms with Crippen molar-refractivity contribution in [2.75, 3.05) is 32.8 Å². The maximum absolute atomic E-state index is 13.7. The minimum atomic E-state index is -1.59. The van der Waals surface area contributed by atoms with Crippen LogP contribution in [0.25, 0.3) is 6.08 Å². The smallest absolute Gasteiger partial charge is 0.243 e. The summed E-state index contributed by atoms with van der Waals surface area (Å²) in [5.41, 5.74) is 12.6. The number of hydrogen-bond acceptors (Lipinski definition) is 11. The van der Waals surface area contributed by atoms with Crippen molar-refractivity contribution in [1.29, 1.82) is 10.8 Å². The van der Waals surface area contributed by atoms with Crippen LogP contribution < -0.4 is 42.2 Å². The quantitative estimate of drug-likeness (QED) is 0.0400. The van der Waals surface area contributed by atoms with Crippen molar-refractivity contribution >= 4 is 29.8 Å². The Kier molecular flexibility index (Phi) is 14.4. The molecule has 17 heteroatoms. The van der Waals surface area contributed by atoms with E-state index in [0.717, 1.165) is 6.42 Å². The number of unbranched alkanes of at least 4 members (excludes halogenated alkanes) is 2. The molecule has 7 atom stereocenters. The molecule has 51 heavy (non-hydrogen) atoms. The molecule has 0 aromatic heterocycles. The molecule has 1 saturated heterocycles. The number of carbonyl (C=O) groups excluding carboxylic acids is 2. The van der Waals surface area contributed by atoms with Crippen molar-refractivity contribution in [3.05, 3.63) is 65.2 Å². The number of rotatable bonds is 17. The standard InChI is InChI=1S/C34H48N8O9/c35-33(36)41-15-3-1-13-39-25(44)12-6-19-5-11-23-22(17-19)26(31(48)40-14-2-4-16-42-34(37)38)30(50-23)20-7-9-21(10-8-20)49-32-29(47)28(46)27(45)24(18-43)51-32/h5-12,17,24,26-30,32,43,45-47H,1-4,13-16,18H2,(H,39,44)(H,40,48)(H4,35,36,41)(H4,37,38,42). The van der Waals surface area contributed by atoms with E-state index in [1.807, 2.05) is 6.07 Å². The molecule has 4 rings (SSSR count). The highest BCUT2D eigenvalue weighted by atomic mass is 16.7. The summed E-state index contributed by atoms with van der Waals surface area (Å²) in [6.45, 7) is 1.30. The maximum atomic E-state index is 13.7. The zero-order valence-corrected chi connectivity index (χ0v) is 28.1. The highest BCUT2D eigenvalue weighted by Crippen LogP contribution is 2.47. The van der Waals surface area contributed by atoms with Crippen LogP contribution in [0.3, 0.4) is 0 Å². The highest BCUT2D eigenvalue weighted by molar-refractivity contribution is 5.92. The average Bonchev–Trinajstić information content (AvgIpc) is 3.49. The molecule has 0 saturated carbocycles. The Balaban J connectivity index is 1.45. The van der Waals surface area contributed by atoms with Gasteiger partial charge >= 0.3 is 0 Å². The molecule has 2 amide bonds. The Labute approximate surface area is 295 Å². The van der Waals surface area contributed by atoms with Gasteiger partial charge in [0.05, 0.1) is 6.61 Å². The summed E-state index contributed by atoms with van der Waals surface area (Å²) in [5.74, 6) is -0.734. The molecular formula is C34H48N8O9. The molecule has 2 aromatic carbocycles. The van der Waals surface area contributed by atoms with E-state index < -0.39 is 49.3 Å². The van der Waals surface area contributed by atoms with E-state index in [2.05, 4.69) is 21.3 Å². The Morgan fingerprint density at radius 3 is 2.04 bits per heavy atom. The lowest BCUT2D eigenvalue weighted by molar-refractivity contribution is -0.277. The van der Waals surface area contributed by atoms with Crippen LogP contribution in [-0.2, 0) is 14.3 Å². The minimum absolute atomic E-state index is 0.0934. The fraction of sp³-hybridized carbons (Fsp3) is 0.471. The molecule has 278 valence electrons. The summed E-state index contributed by atoms with van der Waals surface area (Å²) in [6.07, 6.45) is -2.02. The van der Waals surface area contributed by atoms with Gasteiger partial charge in [0.15, 0.2) is 11.9 Å². The van der Waals surface area contributed by atoms with Crippen molar-refractivity contribution in [2.45, 2.75) is 68.4 Å². The van der Waals surface area contributed by atoms with E-state index >= 15 is 0 Å². The third kappa shape index (κ3) is 11.0. The number of amides is 2. The van der Waals surface area contributed by atoms with Crippen LogP contribution in [0.2, 0.25) is 0 Å². The van der Waals surface area contributed by atoms with Gasteiger partial charge in [-0.2, -0.15) is 0 Å². The molecule has 2 aliphatic heterocycles. The van der Waals surface area contributed by atoms with Gasteiger partial charge < -0.3 is 67.4 Å². The number of carbonyl (C=O) groups is 2. The van der Waals surface area contributed by atoms with Crippen LogP contribution >= 0.6 is 0 Å². The summed E-state index contributed by atoms with van der Waals surface area (Å²) in [5, 5.41) is 65.7. The van der Waals surface area contributed by atoms with Crippen LogP contribution in [0.4, 0.5) is 0 Å². The van der Waals surface area contributed by atoms with Gasteiger partial charge in [0.1, 0.15) is 47.9 Å². The summed E-state index contributed by atoms with van der Waals surface area (Å²) in [7, 11) is 0. The van der Waals surface area contributed by atoms with E-state index in [0.29, 0.717) is 67.9 Å². The van der Waals surface area contributed by atoms with Gasteiger partial charge in [0, 0.05) is 37.8 Å². The van der Waals surface area contributed by atoms with Crippen molar-refractivity contribution in [3.63, 3.8) is 0 Å². The van der Waals surface area contributed by atoms with Crippen LogP contribution in [0.1, 0.15) is 54.4 Å². The van der Waals surface area contributed by atoms with Gasteiger partial charge in [-0.25, -0.2) is 0 Å². The molecule has 0 radical (unpaired) electrons. The number of fused-ring (bicyclic) bond motifs is 1. The zero-order chi connectivity index (χ0) is 36.9. The molecule has 7 unspecified atom stereocenters. The Bertz CT molecular complexity index is 1520. The molecule has 2 heterocycles. The molecule has 2 aromatic rings. The van der Waals surface area contributed by atoms with Gasteiger partial charge in [-0.1, -0.05) is 18.2 Å². The summed E-state index contributed by atoms with van der Waals surface area (Å²) in [6, 6.07) is 11.9. The largest absolute Gasteiger partial charge is 0.484 e. The van der Waals surface area contributed by atoms with E-state index in [9.17, 15) is 30.0 Å². The van der Waals surface area contributed by atoms with E-state index in [4.69, 9.17) is 36.5 Å². The first-order valence-electron chi connectivity index (χ1n) is 16.8. The second-order valence-corrected chi connectivity index (χ2v) is 12.2. The van der Waals surface area contributed by atoms with Gasteiger partial charge in [-0.05, 0) is 67.2 Å². The Hall–Kier alpha value is -4.94. The normalized spacial score (nSPS) is 23.9. The number of guanidine groups is 2. The molecule has 0 spiro atoms. The lowest BCUT2D eigenvalue weighted by Crippen LogP contribution is -2.60. The first kappa shape index (κ1) is 38.9. The summed E-state index contributed by atoms with van der Waals surface area (Å²) in [4.78, 5) is 26.1. The zero-order valence-electron chi connectivity index (χ0n) is 28.1. The first-order chi connectivity index (χ1) is 24.5. The van der Waals surface area contributed by atoms with Crippen LogP contribution in [0.5, 0.6) is 11.5 Å². The molecule has 1 fully saturated rings. The van der Waals surface area contributed by atoms with Crippen molar-refractivity contribution < 1.29 is 44.2 Å². The van der Waals surface area contributed by atoms with Crippen molar-refractivity contribution in [2.24, 2.45) is 11.5 Å². The van der Waals surface area contributed by atoms with Crippen molar-refractivity contribution in [3.8, 4) is 11.5 Å². The molecule has 0 bridgehead atoms. The second kappa shape index (κ2) is 18.9. The lowest BCUT2D eigenvalue weighted by atomic mass is 9.89. The third-order valence-corrected chi connectivity index (χ3v) is 8.38. The van der Waals surface area contributed by atoms with Crippen LogP contribution in [0.15, 0.2) is 48.5 Å². The fourth-order valence-corrected chi connectivity index (χ4v) is 5.67. The van der Waals surface area contributed by atoms with Crippen LogP contribution in [0, 0.1) is 10.8 Å². The number of benzene rings is 2. The SMILES string of the molecule is N=C(N)NCCCCNC(=O)C=Cc1ccc2c(c1)C(C(=O)NCCCCNC(=N)N)C(c1ccc(OC3OC(CO)C(O)C(O)C3O)cc1)O2. The predicted molar refractivity (Wildman–Crippen MR) is 187 cm³/mol. The molecule has 14 N–H and O–H groups in total. The van der Waals surface area contributed by atoms with E-state index in [1.165, 1.54) is 6.08 Å². The first-order valence-corrected chi connectivity index (χ1v) is 16.8. The van der Waals surface area contributed by atoms with Gasteiger partial charge in [0.25, 0.3) is 0 Å². The number of hydrogen-bond donors (Lipinski definition) is 12. The van der Waals surface area contributed by atoms with E-state index in [-0.39, 0.29) is 29.5 Å². The number of nitrogens with one attached hydrogen (secondary N) is 6. The summed E-state index contributed by atoms with van der Waals surface area (Å²) >= 11 is 0. The topological polar surface area (TPSA) is 291 Å². The monoisotopic (exact) mass is 712 g/mol. The number of ether oxygens (including phenoxy) is 3. The minimum Gasteiger partial charge on any atom is -0.484 e. The predicted octanol–water partition coefficient (Wildman–Crippen LogP) is -1.15. The molecule has 0 aliphatic carbocycles. The lowest BCUT2D eigenvalue weighted by Gasteiger charge is -2.39. The number of aliphatic hydroxyl groups excluding tert-OH is 4. The number of aliphatic hydroxyl groups is 4. The van der Waals surface area contributed by atoms with Crippen LogP contribution in [-0.4, -0.2) is 108 Å². The molecular weight excluding hydrogens is 664 g/mol. The van der Waals surface area contributed by atoms with Crippen molar-refractivity contribution in [1.82, 2.24) is 21.3 Å². The Morgan fingerprint density at radius 2 is 1.43 bits per heavy atom.